The molecule has 1 unspecified atom stereocenters. The number of aryl methyl sites for hydroxylation is 1. The maximum atomic E-state index is 9.67. The van der Waals surface area contributed by atoms with Crippen molar-refractivity contribution in [1.82, 2.24) is 0 Å². The van der Waals surface area contributed by atoms with Crippen molar-refractivity contribution in [2.45, 2.75) is 13.2 Å². The molecule has 0 bridgehead atoms. The number of aliphatic hydroxyl groups is 1. The van der Waals surface area contributed by atoms with Crippen molar-refractivity contribution in [3.63, 3.8) is 0 Å². The van der Waals surface area contributed by atoms with Gasteiger partial charge in [-0.2, -0.15) is 0 Å². The highest BCUT2D eigenvalue weighted by atomic mass is 16.6. The maximum absolute atomic E-state index is 9.67. The van der Waals surface area contributed by atoms with E-state index < -0.39 is 6.29 Å². The summed E-state index contributed by atoms with van der Waals surface area (Å²) in [6, 6.07) is 16.8. The van der Waals surface area contributed by atoms with Crippen molar-refractivity contribution in [1.29, 1.82) is 0 Å². The third-order valence-corrected chi connectivity index (χ3v) is 2.43. The lowest BCUT2D eigenvalue weighted by Gasteiger charge is -2.14. The predicted octanol–water partition coefficient (Wildman–Crippen LogP) is 2.77. The van der Waals surface area contributed by atoms with Gasteiger partial charge in [-0.3, -0.25) is 0 Å². The van der Waals surface area contributed by atoms with E-state index in [9.17, 15) is 5.11 Å². The molecule has 1 N–H and O–H groups in total. The summed E-state index contributed by atoms with van der Waals surface area (Å²) in [6.07, 6.45) is -0.978. The Kier molecular flexibility index (Phi) is 4.20. The highest BCUT2D eigenvalue weighted by Gasteiger charge is 2.06. The molecule has 18 heavy (non-hydrogen) atoms. The van der Waals surface area contributed by atoms with E-state index in [1.165, 1.54) is 5.56 Å². The van der Waals surface area contributed by atoms with Crippen molar-refractivity contribution in [3.8, 4) is 11.5 Å². The number of ether oxygens (including phenoxy) is 2. The summed E-state index contributed by atoms with van der Waals surface area (Å²) in [7, 11) is 0. The molecule has 0 saturated carbocycles. The van der Waals surface area contributed by atoms with E-state index >= 15 is 0 Å². The van der Waals surface area contributed by atoms with Gasteiger partial charge in [-0.25, -0.2) is 0 Å². The zero-order valence-corrected chi connectivity index (χ0v) is 10.2. The van der Waals surface area contributed by atoms with E-state index in [1.807, 2.05) is 49.4 Å². The Morgan fingerprint density at radius 2 is 1.61 bits per heavy atom. The van der Waals surface area contributed by atoms with Gasteiger partial charge in [0, 0.05) is 0 Å². The molecule has 0 spiro atoms. The Labute approximate surface area is 107 Å². The van der Waals surface area contributed by atoms with Gasteiger partial charge in [0.05, 0.1) is 0 Å². The third kappa shape index (κ3) is 3.79. The van der Waals surface area contributed by atoms with Crippen LogP contribution in [0.15, 0.2) is 54.6 Å². The molecule has 0 fully saturated rings. The Morgan fingerprint density at radius 3 is 2.28 bits per heavy atom. The fraction of sp³-hybridized carbons (Fsp3) is 0.200. The first-order valence-electron chi connectivity index (χ1n) is 5.83. The van der Waals surface area contributed by atoms with Gasteiger partial charge in [0.25, 0.3) is 0 Å². The average Bonchev–Trinajstić information content (AvgIpc) is 2.39. The number of para-hydroxylation sites is 1. The molecule has 94 valence electrons. The van der Waals surface area contributed by atoms with Gasteiger partial charge in [-0.1, -0.05) is 35.9 Å². The highest BCUT2D eigenvalue weighted by molar-refractivity contribution is 5.26. The van der Waals surface area contributed by atoms with Crippen molar-refractivity contribution in [2.75, 3.05) is 6.61 Å². The van der Waals surface area contributed by atoms with E-state index in [0.717, 1.165) is 5.75 Å². The lowest BCUT2D eigenvalue weighted by atomic mass is 10.2. The molecular weight excluding hydrogens is 228 g/mol. The summed E-state index contributed by atoms with van der Waals surface area (Å²) in [5.41, 5.74) is 1.17. The Balaban J connectivity index is 1.81. The summed E-state index contributed by atoms with van der Waals surface area (Å²) in [5, 5.41) is 9.67. The average molecular weight is 244 g/mol. The van der Waals surface area contributed by atoms with Gasteiger partial charge in [0.1, 0.15) is 11.5 Å². The molecule has 2 aromatic rings. The van der Waals surface area contributed by atoms with Crippen LogP contribution in [0.25, 0.3) is 0 Å². The Bertz CT molecular complexity index is 465. The van der Waals surface area contributed by atoms with Gasteiger partial charge >= 0.3 is 0 Å². The molecule has 0 aliphatic heterocycles. The van der Waals surface area contributed by atoms with Crippen LogP contribution in [0.4, 0.5) is 0 Å². The second-order valence-electron chi connectivity index (χ2n) is 4.01. The molecule has 3 nitrogen and oxygen atoms in total. The van der Waals surface area contributed by atoms with Crippen molar-refractivity contribution in [3.05, 3.63) is 60.2 Å². The number of aliphatic hydroxyl groups excluding tert-OH is 1. The maximum Gasteiger partial charge on any atom is 0.231 e. The van der Waals surface area contributed by atoms with Crippen LogP contribution in [0.5, 0.6) is 11.5 Å². The number of hydrogen-bond acceptors (Lipinski definition) is 3. The summed E-state index contributed by atoms with van der Waals surface area (Å²) in [6.45, 7) is 2.11. The quantitative estimate of drug-likeness (QED) is 0.822. The monoisotopic (exact) mass is 244 g/mol. The molecule has 2 aromatic carbocycles. The zero-order valence-electron chi connectivity index (χ0n) is 10.2. The first-order valence-corrected chi connectivity index (χ1v) is 5.83. The van der Waals surface area contributed by atoms with Gasteiger partial charge in [-0.15, -0.1) is 0 Å². The van der Waals surface area contributed by atoms with Gasteiger partial charge in [-0.05, 0) is 31.2 Å². The molecule has 0 aliphatic rings. The molecule has 3 heteroatoms. The highest BCUT2D eigenvalue weighted by Crippen LogP contribution is 2.13. The zero-order chi connectivity index (χ0) is 12.8. The standard InChI is InChI=1S/C15H16O3/c1-12-7-9-13(10-8-12)17-11-15(16)18-14-5-3-2-4-6-14/h2-10,15-16H,11H2,1H3. The predicted molar refractivity (Wildman–Crippen MR) is 69.8 cm³/mol. The van der Waals surface area contributed by atoms with Gasteiger partial charge in [0.2, 0.25) is 6.29 Å². The molecule has 0 heterocycles. The van der Waals surface area contributed by atoms with Crippen LogP contribution >= 0.6 is 0 Å². The van der Waals surface area contributed by atoms with E-state index in [0.29, 0.717) is 5.75 Å². The lowest BCUT2D eigenvalue weighted by Crippen LogP contribution is -2.24. The topological polar surface area (TPSA) is 38.7 Å². The van der Waals surface area contributed by atoms with Crippen molar-refractivity contribution < 1.29 is 14.6 Å². The fourth-order valence-corrected chi connectivity index (χ4v) is 1.49. The minimum absolute atomic E-state index is 0.0952. The molecular formula is C15H16O3. The Morgan fingerprint density at radius 1 is 0.944 bits per heavy atom. The van der Waals surface area contributed by atoms with E-state index in [-0.39, 0.29) is 6.61 Å². The normalized spacial score (nSPS) is 11.9. The van der Waals surface area contributed by atoms with Gasteiger partial charge < -0.3 is 14.6 Å². The van der Waals surface area contributed by atoms with Gasteiger partial charge in [0.15, 0.2) is 6.61 Å². The molecule has 1 atom stereocenters. The van der Waals surface area contributed by atoms with Crippen LogP contribution in [0.2, 0.25) is 0 Å². The lowest BCUT2D eigenvalue weighted by molar-refractivity contribution is -0.0478. The molecule has 0 saturated heterocycles. The van der Waals surface area contributed by atoms with Crippen LogP contribution in [0.1, 0.15) is 5.56 Å². The molecule has 0 radical (unpaired) electrons. The fourth-order valence-electron chi connectivity index (χ4n) is 1.49. The second kappa shape index (κ2) is 6.07. The minimum Gasteiger partial charge on any atom is -0.487 e. The summed E-state index contributed by atoms with van der Waals surface area (Å²) in [5.74, 6) is 1.34. The first-order chi connectivity index (χ1) is 8.74. The Hall–Kier alpha value is -2.00. The molecule has 0 amide bonds. The van der Waals surface area contributed by atoms with Crippen molar-refractivity contribution >= 4 is 0 Å². The molecule has 0 aromatic heterocycles. The van der Waals surface area contributed by atoms with Crippen LogP contribution < -0.4 is 9.47 Å². The van der Waals surface area contributed by atoms with E-state index in [1.54, 1.807) is 12.1 Å². The van der Waals surface area contributed by atoms with Crippen molar-refractivity contribution in [2.24, 2.45) is 0 Å². The van der Waals surface area contributed by atoms with Crippen LogP contribution in [0, 0.1) is 6.92 Å². The molecule has 0 aliphatic carbocycles. The number of hydrogen-bond donors (Lipinski definition) is 1. The number of rotatable bonds is 5. The van der Waals surface area contributed by atoms with Crippen LogP contribution in [-0.4, -0.2) is 18.0 Å². The summed E-state index contributed by atoms with van der Waals surface area (Å²) < 4.78 is 10.7. The number of benzene rings is 2. The molecule has 2 rings (SSSR count). The minimum atomic E-state index is -0.978. The van der Waals surface area contributed by atoms with Crippen LogP contribution in [-0.2, 0) is 0 Å². The second-order valence-corrected chi connectivity index (χ2v) is 4.01. The first kappa shape index (κ1) is 12.5. The smallest absolute Gasteiger partial charge is 0.231 e. The SMILES string of the molecule is Cc1ccc(OCC(O)Oc2ccccc2)cc1. The van der Waals surface area contributed by atoms with E-state index in [4.69, 9.17) is 9.47 Å². The van der Waals surface area contributed by atoms with Crippen LogP contribution in [0.3, 0.4) is 0 Å². The largest absolute Gasteiger partial charge is 0.487 e. The summed E-state index contributed by atoms with van der Waals surface area (Å²) >= 11 is 0. The third-order valence-electron chi connectivity index (χ3n) is 2.43. The van der Waals surface area contributed by atoms with E-state index in [2.05, 4.69) is 0 Å². The summed E-state index contributed by atoms with van der Waals surface area (Å²) in [4.78, 5) is 0.